The standard InChI is InChI=1S/C20H21BrFNO2/c1-14-12-17(6-7-18(14)21)23(2)19(24)20(8-10-25-11-9-20)15-4-3-5-16(22)13-15/h3-7,12-13H,8-11H2,1-2H3. The zero-order chi connectivity index (χ0) is 18.0. The Bertz CT molecular complexity index is 787. The van der Waals surface area contributed by atoms with Crippen LogP contribution in [-0.2, 0) is 14.9 Å². The number of amides is 1. The minimum absolute atomic E-state index is 0.0249. The van der Waals surface area contributed by atoms with Crippen LogP contribution in [0.2, 0.25) is 0 Å². The van der Waals surface area contributed by atoms with E-state index in [4.69, 9.17) is 4.74 Å². The Hall–Kier alpha value is -1.72. The largest absolute Gasteiger partial charge is 0.381 e. The van der Waals surface area contributed by atoms with Gasteiger partial charge in [-0.2, -0.15) is 0 Å². The van der Waals surface area contributed by atoms with Gasteiger partial charge < -0.3 is 9.64 Å². The van der Waals surface area contributed by atoms with Crippen LogP contribution in [0.5, 0.6) is 0 Å². The van der Waals surface area contributed by atoms with Crippen LogP contribution in [0.4, 0.5) is 10.1 Å². The van der Waals surface area contributed by atoms with Gasteiger partial charge in [-0.3, -0.25) is 4.79 Å². The highest BCUT2D eigenvalue weighted by Gasteiger charge is 2.43. The molecule has 5 heteroatoms. The van der Waals surface area contributed by atoms with Crippen molar-refractivity contribution >= 4 is 27.5 Å². The number of halogens is 2. The van der Waals surface area contributed by atoms with E-state index in [0.717, 1.165) is 21.3 Å². The summed E-state index contributed by atoms with van der Waals surface area (Å²) in [4.78, 5) is 15.1. The summed E-state index contributed by atoms with van der Waals surface area (Å²) in [5.41, 5.74) is 1.86. The lowest BCUT2D eigenvalue weighted by atomic mass is 9.73. The maximum Gasteiger partial charge on any atom is 0.237 e. The first-order valence-corrected chi connectivity index (χ1v) is 9.11. The molecule has 3 rings (SSSR count). The number of likely N-dealkylation sites (N-methyl/N-ethyl adjacent to an activating group) is 1. The summed E-state index contributed by atoms with van der Waals surface area (Å²) in [5, 5.41) is 0. The summed E-state index contributed by atoms with van der Waals surface area (Å²) in [6.45, 7) is 2.98. The molecule has 2 aromatic rings. The minimum atomic E-state index is -0.754. The van der Waals surface area contributed by atoms with Gasteiger partial charge in [0.15, 0.2) is 0 Å². The molecule has 1 amide bonds. The fourth-order valence-corrected chi connectivity index (χ4v) is 3.65. The van der Waals surface area contributed by atoms with E-state index in [9.17, 15) is 9.18 Å². The highest BCUT2D eigenvalue weighted by Crippen LogP contribution is 2.38. The highest BCUT2D eigenvalue weighted by atomic mass is 79.9. The summed E-state index contributed by atoms with van der Waals surface area (Å²) in [6.07, 6.45) is 1.10. The third-order valence-corrected chi connectivity index (χ3v) is 5.86. The summed E-state index contributed by atoms with van der Waals surface area (Å²) in [7, 11) is 1.78. The Labute approximate surface area is 155 Å². The summed E-state index contributed by atoms with van der Waals surface area (Å²) in [6, 6.07) is 12.2. The van der Waals surface area contributed by atoms with Gasteiger partial charge in [-0.25, -0.2) is 4.39 Å². The van der Waals surface area contributed by atoms with Gasteiger partial charge in [-0.1, -0.05) is 28.1 Å². The van der Waals surface area contributed by atoms with Crippen molar-refractivity contribution in [2.75, 3.05) is 25.2 Å². The molecule has 25 heavy (non-hydrogen) atoms. The van der Waals surface area contributed by atoms with Crippen LogP contribution in [0, 0.1) is 12.7 Å². The number of ether oxygens (including phenoxy) is 1. The zero-order valence-electron chi connectivity index (χ0n) is 14.4. The minimum Gasteiger partial charge on any atom is -0.381 e. The Morgan fingerprint density at radius 1 is 1.20 bits per heavy atom. The van der Waals surface area contributed by atoms with Crippen molar-refractivity contribution in [1.82, 2.24) is 0 Å². The third kappa shape index (κ3) is 3.48. The third-order valence-electron chi connectivity index (χ3n) is 4.97. The molecule has 1 aliphatic heterocycles. The molecule has 0 radical (unpaired) electrons. The van der Waals surface area contributed by atoms with Crippen LogP contribution < -0.4 is 4.90 Å². The van der Waals surface area contributed by atoms with E-state index < -0.39 is 5.41 Å². The second kappa shape index (κ2) is 7.26. The fraction of sp³-hybridized carbons (Fsp3) is 0.350. The SMILES string of the molecule is Cc1cc(N(C)C(=O)C2(c3cccc(F)c3)CCOCC2)ccc1Br. The van der Waals surface area contributed by atoms with Crippen molar-refractivity contribution in [3.63, 3.8) is 0 Å². The number of carbonyl (C=O) groups excluding carboxylic acids is 1. The van der Waals surface area contributed by atoms with Crippen molar-refractivity contribution in [3.8, 4) is 0 Å². The second-order valence-corrected chi connectivity index (χ2v) is 7.36. The van der Waals surface area contributed by atoms with Crippen LogP contribution >= 0.6 is 15.9 Å². The number of benzene rings is 2. The zero-order valence-corrected chi connectivity index (χ0v) is 16.0. The van der Waals surface area contributed by atoms with Gasteiger partial charge in [0.05, 0.1) is 5.41 Å². The molecular formula is C20H21BrFNO2. The maximum atomic E-state index is 13.8. The Kier molecular flexibility index (Phi) is 5.25. The van der Waals surface area contributed by atoms with Crippen LogP contribution in [0.25, 0.3) is 0 Å². The van der Waals surface area contributed by atoms with Gasteiger partial charge in [0.2, 0.25) is 5.91 Å². The fourth-order valence-electron chi connectivity index (χ4n) is 3.41. The average Bonchev–Trinajstić information content (AvgIpc) is 2.63. The number of nitrogens with zero attached hydrogens (tertiary/aromatic N) is 1. The first kappa shape index (κ1) is 18.1. The molecule has 1 fully saturated rings. The molecule has 132 valence electrons. The first-order valence-electron chi connectivity index (χ1n) is 8.32. The van der Waals surface area contributed by atoms with E-state index in [1.807, 2.05) is 31.2 Å². The van der Waals surface area contributed by atoms with Gasteiger partial charge in [-0.15, -0.1) is 0 Å². The predicted molar refractivity (Wildman–Crippen MR) is 100 cm³/mol. The number of hydrogen-bond acceptors (Lipinski definition) is 2. The number of hydrogen-bond donors (Lipinski definition) is 0. The molecule has 0 spiro atoms. The number of rotatable bonds is 3. The molecular weight excluding hydrogens is 385 g/mol. The Balaban J connectivity index is 2.00. The smallest absolute Gasteiger partial charge is 0.237 e. The summed E-state index contributed by atoms with van der Waals surface area (Å²) >= 11 is 3.49. The lowest BCUT2D eigenvalue weighted by Crippen LogP contribution is -2.49. The average molecular weight is 406 g/mol. The highest BCUT2D eigenvalue weighted by molar-refractivity contribution is 9.10. The van der Waals surface area contributed by atoms with Crippen LogP contribution in [0.15, 0.2) is 46.9 Å². The molecule has 3 nitrogen and oxygen atoms in total. The van der Waals surface area contributed by atoms with Crippen molar-refractivity contribution in [1.29, 1.82) is 0 Å². The molecule has 1 saturated heterocycles. The van der Waals surface area contributed by atoms with Gasteiger partial charge >= 0.3 is 0 Å². The molecule has 0 aliphatic carbocycles. The molecule has 1 aliphatic rings. The van der Waals surface area contributed by atoms with Gasteiger partial charge in [0.1, 0.15) is 5.82 Å². The summed E-state index contributed by atoms with van der Waals surface area (Å²) in [5.74, 6) is -0.346. The molecule has 0 N–H and O–H groups in total. The molecule has 1 heterocycles. The molecule has 0 bridgehead atoms. The van der Waals surface area contributed by atoms with Crippen LogP contribution in [-0.4, -0.2) is 26.2 Å². The Morgan fingerprint density at radius 3 is 2.56 bits per heavy atom. The van der Waals surface area contributed by atoms with Crippen molar-refractivity contribution < 1.29 is 13.9 Å². The predicted octanol–water partition coefficient (Wildman–Crippen LogP) is 4.61. The maximum absolute atomic E-state index is 13.8. The monoisotopic (exact) mass is 405 g/mol. The van der Waals surface area contributed by atoms with E-state index >= 15 is 0 Å². The van der Waals surface area contributed by atoms with Crippen molar-refractivity contribution in [3.05, 3.63) is 63.9 Å². The normalized spacial score (nSPS) is 16.5. The Morgan fingerprint density at radius 2 is 1.92 bits per heavy atom. The lowest BCUT2D eigenvalue weighted by molar-refractivity contribution is -0.127. The van der Waals surface area contributed by atoms with Crippen molar-refractivity contribution in [2.24, 2.45) is 0 Å². The molecule has 0 aromatic heterocycles. The van der Waals surface area contributed by atoms with Crippen LogP contribution in [0.1, 0.15) is 24.0 Å². The van der Waals surface area contributed by atoms with E-state index in [1.54, 1.807) is 18.0 Å². The van der Waals surface area contributed by atoms with Crippen molar-refractivity contribution in [2.45, 2.75) is 25.2 Å². The van der Waals surface area contributed by atoms with Crippen LogP contribution in [0.3, 0.4) is 0 Å². The second-order valence-electron chi connectivity index (χ2n) is 6.50. The molecule has 0 saturated carbocycles. The van der Waals surface area contributed by atoms with Gasteiger partial charge in [0.25, 0.3) is 0 Å². The van der Waals surface area contributed by atoms with Gasteiger partial charge in [0, 0.05) is 30.4 Å². The quantitative estimate of drug-likeness (QED) is 0.745. The van der Waals surface area contributed by atoms with E-state index in [0.29, 0.717) is 26.1 Å². The van der Waals surface area contributed by atoms with E-state index in [1.165, 1.54) is 12.1 Å². The topological polar surface area (TPSA) is 29.5 Å². The molecule has 2 aromatic carbocycles. The first-order chi connectivity index (χ1) is 11.9. The summed E-state index contributed by atoms with van der Waals surface area (Å²) < 4.78 is 20.3. The lowest BCUT2D eigenvalue weighted by Gasteiger charge is -2.39. The number of aryl methyl sites for hydroxylation is 1. The van der Waals surface area contributed by atoms with Gasteiger partial charge in [-0.05, 0) is 61.2 Å². The molecule has 0 atom stereocenters. The van der Waals surface area contributed by atoms with E-state index in [-0.39, 0.29) is 11.7 Å². The number of anilines is 1. The van der Waals surface area contributed by atoms with E-state index in [2.05, 4.69) is 15.9 Å². The number of carbonyl (C=O) groups is 1. The molecule has 0 unspecified atom stereocenters.